The minimum absolute atomic E-state index is 0.0983. The van der Waals surface area contributed by atoms with Crippen LogP contribution in [0.2, 0.25) is 0 Å². The summed E-state index contributed by atoms with van der Waals surface area (Å²) in [5, 5.41) is 0. The topological polar surface area (TPSA) is 52.3 Å². The Labute approximate surface area is 97.6 Å². The van der Waals surface area contributed by atoms with Crippen molar-refractivity contribution < 1.29 is 18.3 Å². The van der Waals surface area contributed by atoms with Gasteiger partial charge in [0.15, 0.2) is 0 Å². The second-order valence-corrected chi connectivity index (χ2v) is 3.14. The molecule has 0 aromatic heterocycles. The van der Waals surface area contributed by atoms with Gasteiger partial charge in [0.1, 0.15) is 18.1 Å². The van der Waals surface area contributed by atoms with Crippen LogP contribution in [0, 0.1) is 23.5 Å². The summed E-state index contributed by atoms with van der Waals surface area (Å²) in [6.45, 7) is 1.93. The summed E-state index contributed by atoms with van der Waals surface area (Å²) in [6, 6.07) is 1.65. The van der Waals surface area contributed by atoms with Crippen molar-refractivity contribution in [2.45, 2.75) is 13.3 Å². The molecule has 0 spiro atoms. The van der Waals surface area contributed by atoms with E-state index in [-0.39, 0.29) is 24.3 Å². The Bertz CT molecular complexity index is 466. The zero-order valence-electron chi connectivity index (χ0n) is 9.22. The maximum Gasteiger partial charge on any atom is 0.317 e. The van der Waals surface area contributed by atoms with Gasteiger partial charge >= 0.3 is 5.97 Å². The van der Waals surface area contributed by atoms with Crippen molar-refractivity contribution in [3.8, 4) is 11.8 Å². The second kappa shape index (κ2) is 5.85. The molecule has 90 valence electrons. The van der Waals surface area contributed by atoms with Gasteiger partial charge in [0.2, 0.25) is 0 Å². The van der Waals surface area contributed by atoms with Gasteiger partial charge in [0.25, 0.3) is 0 Å². The molecule has 0 aliphatic heterocycles. The smallest absolute Gasteiger partial charge is 0.317 e. The van der Waals surface area contributed by atoms with Crippen LogP contribution in [-0.4, -0.2) is 12.6 Å². The molecule has 0 unspecified atom stereocenters. The minimum atomic E-state index is -0.848. The van der Waals surface area contributed by atoms with Crippen molar-refractivity contribution in [1.29, 1.82) is 0 Å². The molecule has 17 heavy (non-hydrogen) atoms. The number of carbonyl (C=O) groups is 1. The number of esters is 1. The number of carbonyl (C=O) groups excluding carboxylic acids is 1. The first kappa shape index (κ1) is 13.0. The number of benzene rings is 1. The Hall–Kier alpha value is -2.09. The van der Waals surface area contributed by atoms with E-state index in [0.717, 1.165) is 6.07 Å². The fraction of sp³-hybridized carbons (Fsp3) is 0.250. The molecule has 2 N–H and O–H groups in total. The molecule has 0 saturated heterocycles. The van der Waals surface area contributed by atoms with E-state index < -0.39 is 17.6 Å². The van der Waals surface area contributed by atoms with E-state index in [9.17, 15) is 13.6 Å². The van der Waals surface area contributed by atoms with Crippen molar-refractivity contribution in [2.75, 3.05) is 12.3 Å². The lowest BCUT2D eigenvalue weighted by atomic mass is 10.1. The van der Waals surface area contributed by atoms with E-state index in [4.69, 9.17) is 5.73 Å². The molecule has 0 aliphatic rings. The molecule has 1 aromatic rings. The normalized spacial score (nSPS) is 9.35. The van der Waals surface area contributed by atoms with E-state index in [1.165, 1.54) is 0 Å². The number of hydrogen-bond acceptors (Lipinski definition) is 3. The summed E-state index contributed by atoms with van der Waals surface area (Å²) in [4.78, 5) is 10.9. The van der Waals surface area contributed by atoms with E-state index in [1.807, 2.05) is 0 Å². The molecular weight excluding hydrogens is 228 g/mol. The van der Waals surface area contributed by atoms with Crippen molar-refractivity contribution in [2.24, 2.45) is 0 Å². The zero-order valence-corrected chi connectivity index (χ0v) is 9.22. The van der Waals surface area contributed by atoms with Crippen molar-refractivity contribution in [1.82, 2.24) is 0 Å². The third-order valence-corrected chi connectivity index (χ3v) is 1.84. The number of rotatable bonds is 2. The molecule has 0 saturated carbocycles. The quantitative estimate of drug-likeness (QED) is 0.487. The number of hydrogen-bond donors (Lipinski definition) is 1. The van der Waals surface area contributed by atoms with Gasteiger partial charge in [-0.05, 0) is 13.0 Å². The van der Waals surface area contributed by atoms with E-state index >= 15 is 0 Å². The Balaban J connectivity index is 2.82. The Morgan fingerprint density at radius 2 is 2.18 bits per heavy atom. The van der Waals surface area contributed by atoms with Gasteiger partial charge in [0, 0.05) is 6.07 Å². The summed E-state index contributed by atoms with van der Waals surface area (Å²) in [6.07, 6.45) is -0.163. The largest absolute Gasteiger partial charge is 0.465 e. The molecule has 0 aliphatic carbocycles. The first-order valence-electron chi connectivity index (χ1n) is 4.93. The van der Waals surface area contributed by atoms with Gasteiger partial charge in [-0.1, -0.05) is 11.8 Å². The molecule has 1 rings (SSSR count). The lowest BCUT2D eigenvalue weighted by Crippen LogP contribution is -2.02. The fourth-order valence-electron chi connectivity index (χ4n) is 1.14. The average Bonchev–Trinajstić information content (AvgIpc) is 2.22. The van der Waals surface area contributed by atoms with Crippen LogP contribution < -0.4 is 5.73 Å². The van der Waals surface area contributed by atoms with Gasteiger partial charge in [-0.2, -0.15) is 0 Å². The number of halogens is 2. The highest BCUT2D eigenvalue weighted by atomic mass is 19.1. The highest BCUT2D eigenvalue weighted by Crippen LogP contribution is 2.16. The average molecular weight is 239 g/mol. The number of anilines is 1. The van der Waals surface area contributed by atoms with Crippen LogP contribution >= 0.6 is 0 Å². The Morgan fingerprint density at radius 1 is 1.47 bits per heavy atom. The highest BCUT2D eigenvalue weighted by Gasteiger charge is 2.06. The van der Waals surface area contributed by atoms with Gasteiger partial charge in [-0.15, -0.1) is 0 Å². The van der Waals surface area contributed by atoms with Crippen molar-refractivity contribution in [3.05, 3.63) is 29.3 Å². The van der Waals surface area contributed by atoms with Crippen LogP contribution in [-0.2, 0) is 9.53 Å². The Morgan fingerprint density at radius 3 is 2.76 bits per heavy atom. The van der Waals surface area contributed by atoms with E-state index in [2.05, 4.69) is 16.6 Å². The molecule has 0 amide bonds. The zero-order chi connectivity index (χ0) is 12.8. The number of nitrogen functional groups attached to an aromatic ring is 1. The lowest BCUT2D eigenvalue weighted by Gasteiger charge is -2.00. The second-order valence-electron chi connectivity index (χ2n) is 3.14. The van der Waals surface area contributed by atoms with Crippen LogP contribution in [0.4, 0.5) is 14.5 Å². The van der Waals surface area contributed by atoms with E-state index in [0.29, 0.717) is 6.07 Å². The van der Waals surface area contributed by atoms with Gasteiger partial charge in [-0.25, -0.2) is 8.78 Å². The molecule has 3 nitrogen and oxygen atoms in total. The summed E-state index contributed by atoms with van der Waals surface area (Å²) < 4.78 is 30.6. The molecule has 0 heterocycles. The highest BCUT2D eigenvalue weighted by molar-refractivity contribution is 5.73. The third kappa shape index (κ3) is 3.76. The number of ether oxygens (including phenoxy) is 1. The van der Waals surface area contributed by atoms with Crippen LogP contribution in [0.1, 0.15) is 18.9 Å². The van der Waals surface area contributed by atoms with Crippen LogP contribution in [0.3, 0.4) is 0 Å². The number of nitrogens with two attached hydrogens (primary N) is 1. The van der Waals surface area contributed by atoms with Gasteiger partial charge in [0.05, 0.1) is 17.9 Å². The first-order chi connectivity index (χ1) is 8.04. The SMILES string of the molecule is CCOC(=O)CC#Cc1c(N)cc(F)cc1F. The molecule has 0 radical (unpaired) electrons. The molecule has 0 fully saturated rings. The third-order valence-electron chi connectivity index (χ3n) is 1.84. The monoisotopic (exact) mass is 239 g/mol. The van der Waals surface area contributed by atoms with Crippen LogP contribution in [0.5, 0.6) is 0 Å². The van der Waals surface area contributed by atoms with Crippen LogP contribution in [0.15, 0.2) is 12.1 Å². The standard InChI is InChI=1S/C12H11F2NO2/c1-2-17-12(16)5-3-4-9-10(14)6-8(13)7-11(9)15/h6-7H,2,5,15H2,1H3. The summed E-state index contributed by atoms with van der Waals surface area (Å²) >= 11 is 0. The Kier molecular flexibility index (Phi) is 4.46. The first-order valence-corrected chi connectivity index (χ1v) is 4.93. The molecule has 0 bridgehead atoms. The molecule has 5 heteroatoms. The van der Waals surface area contributed by atoms with Crippen molar-refractivity contribution in [3.63, 3.8) is 0 Å². The lowest BCUT2D eigenvalue weighted by molar-refractivity contribution is -0.141. The summed E-state index contributed by atoms with van der Waals surface area (Å²) in [7, 11) is 0. The predicted molar refractivity (Wildman–Crippen MR) is 58.9 cm³/mol. The van der Waals surface area contributed by atoms with Gasteiger partial charge < -0.3 is 10.5 Å². The molecule has 1 aromatic carbocycles. The summed E-state index contributed by atoms with van der Waals surface area (Å²) in [5.41, 5.74) is 5.19. The maximum absolute atomic E-state index is 13.2. The van der Waals surface area contributed by atoms with Crippen molar-refractivity contribution >= 4 is 11.7 Å². The summed E-state index contributed by atoms with van der Waals surface area (Å²) in [5.74, 6) is 2.69. The van der Waals surface area contributed by atoms with E-state index in [1.54, 1.807) is 6.92 Å². The molecule has 0 atom stereocenters. The van der Waals surface area contributed by atoms with Gasteiger partial charge in [-0.3, -0.25) is 4.79 Å². The predicted octanol–water partition coefficient (Wildman–Crippen LogP) is 1.85. The minimum Gasteiger partial charge on any atom is -0.465 e. The maximum atomic E-state index is 13.2. The van der Waals surface area contributed by atoms with Crippen LogP contribution in [0.25, 0.3) is 0 Å². The fourth-order valence-corrected chi connectivity index (χ4v) is 1.14. The molecular formula is C12H11F2NO2.